The molecule has 36 heavy (non-hydrogen) atoms. The number of oxime groups is 1. The van der Waals surface area contributed by atoms with Gasteiger partial charge in [0.2, 0.25) is 11.5 Å². The van der Waals surface area contributed by atoms with Gasteiger partial charge in [-0.1, -0.05) is 11.1 Å². The summed E-state index contributed by atoms with van der Waals surface area (Å²) in [6.45, 7) is 4.04. The van der Waals surface area contributed by atoms with Gasteiger partial charge in [-0.2, -0.15) is 9.36 Å². The molecule has 4 rings (SSSR count). The number of aryl methyl sites for hydroxylation is 2. The molecule has 2 atom stereocenters. The Morgan fingerprint density at radius 2 is 2.14 bits per heavy atom. The van der Waals surface area contributed by atoms with Gasteiger partial charge in [-0.25, -0.2) is 9.36 Å². The molecule has 2 aromatic rings. The summed E-state index contributed by atoms with van der Waals surface area (Å²) < 4.78 is 5.86. The predicted octanol–water partition coefficient (Wildman–Crippen LogP) is -0.183. The van der Waals surface area contributed by atoms with Crippen molar-refractivity contribution in [3.63, 3.8) is 0 Å². The van der Waals surface area contributed by atoms with Crippen molar-refractivity contribution < 1.29 is 28.9 Å². The number of β-lactam (4-membered cyclic amide) rings is 1. The van der Waals surface area contributed by atoms with Gasteiger partial charge in [-0.3, -0.25) is 14.5 Å². The number of carbonyl (C=O) groups excluding carboxylic acids is 2. The Labute approximate surface area is 214 Å². The Balaban J connectivity index is 1.54. The van der Waals surface area contributed by atoms with Crippen LogP contribution in [0.2, 0.25) is 0 Å². The Kier molecular flexibility index (Phi) is 7.22. The number of terminal acetylenes is 1. The van der Waals surface area contributed by atoms with Crippen molar-refractivity contribution >= 4 is 51.9 Å². The second kappa shape index (κ2) is 10.3. The van der Waals surface area contributed by atoms with Gasteiger partial charge in [0.25, 0.3) is 11.8 Å². The molecule has 0 aromatic carbocycles. The molecule has 0 saturated carbocycles. The van der Waals surface area contributed by atoms with Gasteiger partial charge >= 0.3 is 5.97 Å². The van der Waals surface area contributed by atoms with Crippen molar-refractivity contribution in [1.29, 1.82) is 0 Å². The van der Waals surface area contributed by atoms with Crippen molar-refractivity contribution in [1.82, 2.24) is 19.6 Å². The normalized spacial score (nSPS) is 19.3. The minimum Gasteiger partial charge on any atom is -0.477 e. The van der Waals surface area contributed by atoms with E-state index in [1.54, 1.807) is 0 Å². The number of nitrogens with one attached hydrogen (secondary N) is 1. The minimum atomic E-state index is -1.20. The van der Waals surface area contributed by atoms with Crippen LogP contribution in [0.1, 0.15) is 17.0 Å². The van der Waals surface area contributed by atoms with Crippen LogP contribution < -0.4 is 15.6 Å². The first kappa shape index (κ1) is 25.1. The summed E-state index contributed by atoms with van der Waals surface area (Å²) in [7, 11) is 0. The molecule has 0 bridgehead atoms. The van der Waals surface area contributed by atoms with Crippen LogP contribution in [0.25, 0.3) is 0 Å². The van der Waals surface area contributed by atoms with Crippen LogP contribution >= 0.6 is 23.3 Å². The first-order valence-electron chi connectivity index (χ1n) is 10.6. The number of nitrogen functional groups attached to an aromatic ring is 1. The third-order valence-electron chi connectivity index (χ3n) is 5.28. The highest BCUT2D eigenvalue weighted by molar-refractivity contribution is 8.00. The fourth-order valence-corrected chi connectivity index (χ4v) is 5.74. The molecule has 4 heterocycles. The van der Waals surface area contributed by atoms with Gasteiger partial charge in [0.05, 0.1) is 0 Å². The number of amides is 2. The highest BCUT2D eigenvalue weighted by atomic mass is 32.2. The summed E-state index contributed by atoms with van der Waals surface area (Å²) in [5.41, 5.74) is 7.92. The predicted molar refractivity (Wildman–Crippen MR) is 131 cm³/mol. The average molecular weight is 529 g/mol. The summed E-state index contributed by atoms with van der Waals surface area (Å²) in [6, 6.07) is 1.05. The topological polar surface area (TPSA) is 164 Å². The number of carboxylic acids is 1. The SMILES string of the molecule is C#CCON=C(C(=O)NC1C(=O)N2C(C(=O)O)=C(C[n+]3cc(C)cc(C)c3)CS[C@H]12)c1nsc(N)n1. The number of rotatable bonds is 8. The lowest BCUT2D eigenvalue weighted by Crippen LogP contribution is -2.71. The van der Waals surface area contributed by atoms with Crippen LogP contribution in [-0.2, 0) is 25.8 Å². The maximum atomic E-state index is 13.0. The fourth-order valence-electron chi connectivity index (χ4n) is 3.97. The lowest BCUT2D eigenvalue weighted by Gasteiger charge is -2.49. The summed E-state index contributed by atoms with van der Waals surface area (Å²) in [6.07, 6.45) is 8.98. The van der Waals surface area contributed by atoms with E-state index in [2.05, 4.69) is 25.8 Å². The van der Waals surface area contributed by atoms with Gasteiger partial charge in [0.1, 0.15) is 17.1 Å². The number of hydrogen-bond donors (Lipinski definition) is 3. The number of hydrogen-bond acceptors (Lipinski definition) is 10. The van der Waals surface area contributed by atoms with Gasteiger partial charge in [0.15, 0.2) is 30.7 Å². The lowest BCUT2D eigenvalue weighted by molar-refractivity contribution is -0.689. The Morgan fingerprint density at radius 1 is 1.42 bits per heavy atom. The first-order chi connectivity index (χ1) is 17.2. The molecule has 1 unspecified atom stereocenters. The largest absolute Gasteiger partial charge is 0.477 e. The third kappa shape index (κ3) is 5.02. The minimum absolute atomic E-state index is 0.0684. The molecule has 2 amide bonds. The van der Waals surface area contributed by atoms with E-state index in [0.717, 1.165) is 22.7 Å². The number of nitrogens with two attached hydrogens (primary N) is 1. The Morgan fingerprint density at radius 3 is 2.75 bits per heavy atom. The molecule has 0 spiro atoms. The second-order valence-electron chi connectivity index (χ2n) is 8.05. The molecule has 2 aliphatic heterocycles. The van der Waals surface area contributed by atoms with Crippen molar-refractivity contribution in [3.8, 4) is 12.3 Å². The number of pyridine rings is 1. The molecular weight excluding hydrogens is 506 g/mol. The van der Waals surface area contributed by atoms with Gasteiger partial charge in [-0.15, -0.1) is 18.2 Å². The lowest BCUT2D eigenvalue weighted by atomic mass is 10.0. The average Bonchev–Trinajstić information content (AvgIpc) is 3.24. The molecule has 2 aliphatic rings. The highest BCUT2D eigenvalue weighted by Gasteiger charge is 2.54. The van der Waals surface area contributed by atoms with Crippen molar-refractivity contribution in [3.05, 3.63) is 46.7 Å². The first-order valence-corrected chi connectivity index (χ1v) is 12.4. The van der Waals surface area contributed by atoms with E-state index in [1.807, 2.05) is 36.9 Å². The molecule has 12 nitrogen and oxygen atoms in total. The number of thioether (sulfide) groups is 1. The van der Waals surface area contributed by atoms with E-state index in [1.165, 1.54) is 16.7 Å². The van der Waals surface area contributed by atoms with Crippen molar-refractivity contribution in [2.24, 2.45) is 5.16 Å². The zero-order valence-electron chi connectivity index (χ0n) is 19.3. The molecule has 4 N–H and O–H groups in total. The van der Waals surface area contributed by atoms with Crippen LogP contribution in [0.15, 0.2) is 34.9 Å². The maximum absolute atomic E-state index is 13.0. The van der Waals surface area contributed by atoms with E-state index in [4.69, 9.17) is 17.0 Å². The molecule has 2 aromatic heterocycles. The Hall–Kier alpha value is -3.96. The number of carboxylic acid groups (broad SMARTS) is 1. The van der Waals surface area contributed by atoms with E-state index in [-0.39, 0.29) is 29.0 Å². The van der Waals surface area contributed by atoms with Crippen LogP contribution in [0.5, 0.6) is 0 Å². The number of aliphatic carboxylic acids is 1. The highest BCUT2D eigenvalue weighted by Crippen LogP contribution is 2.40. The van der Waals surface area contributed by atoms with E-state index in [9.17, 15) is 19.5 Å². The molecular formula is C22H22N7O5S2+. The number of anilines is 1. The van der Waals surface area contributed by atoms with Gasteiger partial charge < -0.3 is 21.0 Å². The monoisotopic (exact) mass is 528 g/mol. The molecule has 186 valence electrons. The summed E-state index contributed by atoms with van der Waals surface area (Å²) in [5, 5.41) is 15.7. The molecule has 0 aliphatic carbocycles. The number of carbonyl (C=O) groups is 3. The Bertz CT molecular complexity index is 1330. The van der Waals surface area contributed by atoms with Crippen molar-refractivity contribution in [2.45, 2.75) is 31.8 Å². The summed E-state index contributed by atoms with van der Waals surface area (Å²) in [5.74, 6) is -0.0116. The maximum Gasteiger partial charge on any atom is 0.352 e. The molecule has 0 radical (unpaired) electrons. The smallest absolute Gasteiger partial charge is 0.352 e. The van der Waals surface area contributed by atoms with Gasteiger partial charge in [-0.05, 0) is 19.9 Å². The third-order valence-corrected chi connectivity index (χ3v) is 7.16. The van der Waals surface area contributed by atoms with Crippen LogP contribution in [0.4, 0.5) is 5.13 Å². The van der Waals surface area contributed by atoms with E-state index >= 15 is 0 Å². The summed E-state index contributed by atoms with van der Waals surface area (Å²) in [4.78, 5) is 48.2. The zero-order valence-corrected chi connectivity index (χ0v) is 20.9. The van der Waals surface area contributed by atoms with Crippen molar-refractivity contribution in [2.75, 3.05) is 18.1 Å². The second-order valence-corrected chi connectivity index (χ2v) is 9.94. The van der Waals surface area contributed by atoms with E-state index in [0.29, 0.717) is 17.9 Å². The molecule has 1 saturated heterocycles. The number of aromatic nitrogens is 3. The van der Waals surface area contributed by atoms with Crippen LogP contribution in [-0.4, -0.2) is 66.6 Å². The standard InChI is InChI=1S/C22H21N7O5S2/c1-4-5-34-26-14(17-25-22(23)36-27-17)18(30)24-15-19(31)29-16(21(32)33)13(10-35-20(15)29)9-28-7-11(2)6-12(3)8-28/h1,6-8,15,20H,5,9-10H2,2-3H3,(H3-,23,24,25,27,30,32,33)/p+1/t15?,20-/m1/s1. The fraction of sp³-hybridized carbons (Fsp3) is 0.318. The number of nitrogens with zero attached hydrogens (tertiary/aromatic N) is 5. The van der Waals surface area contributed by atoms with Crippen LogP contribution in [0.3, 0.4) is 0 Å². The van der Waals surface area contributed by atoms with Crippen LogP contribution in [0, 0.1) is 26.2 Å². The van der Waals surface area contributed by atoms with E-state index < -0.39 is 29.2 Å². The van der Waals surface area contributed by atoms with Gasteiger partial charge in [0, 0.05) is 34.0 Å². The zero-order chi connectivity index (χ0) is 26.0. The molecule has 14 heteroatoms. The number of fused-ring (bicyclic) bond motifs is 1. The summed E-state index contributed by atoms with van der Waals surface area (Å²) >= 11 is 2.23. The quantitative estimate of drug-likeness (QED) is 0.105. The molecule has 1 fully saturated rings.